The van der Waals surface area contributed by atoms with E-state index < -0.39 is 0 Å². The van der Waals surface area contributed by atoms with E-state index in [2.05, 4.69) is 15.5 Å². The lowest BCUT2D eigenvalue weighted by Gasteiger charge is -2.16. The first-order valence-electron chi connectivity index (χ1n) is 7.33. The van der Waals surface area contributed by atoms with E-state index in [9.17, 15) is 0 Å². The fourth-order valence-corrected chi connectivity index (χ4v) is 2.54. The van der Waals surface area contributed by atoms with Crippen LogP contribution in [0.3, 0.4) is 0 Å². The van der Waals surface area contributed by atoms with Crippen LogP contribution < -0.4 is 10.1 Å². The van der Waals surface area contributed by atoms with Gasteiger partial charge in [-0.2, -0.15) is 0 Å². The Kier molecular flexibility index (Phi) is 4.80. The highest BCUT2D eigenvalue weighted by molar-refractivity contribution is 6.30. The van der Waals surface area contributed by atoms with Crippen LogP contribution in [-0.4, -0.2) is 34.1 Å². The zero-order valence-corrected chi connectivity index (χ0v) is 13.2. The molecule has 0 bridgehead atoms. The van der Waals surface area contributed by atoms with Crippen molar-refractivity contribution in [1.82, 2.24) is 14.8 Å². The van der Waals surface area contributed by atoms with Gasteiger partial charge in [0.25, 0.3) is 0 Å². The van der Waals surface area contributed by atoms with E-state index in [1.807, 2.05) is 29.8 Å². The largest absolute Gasteiger partial charge is 0.489 e. The van der Waals surface area contributed by atoms with Gasteiger partial charge >= 0.3 is 0 Å². The molecule has 1 aliphatic heterocycles. The SMILES string of the molecule is Cn1cnnc1CNc1cc(Cl)ccc1OCC1CCCO1. The third-order valence-electron chi connectivity index (χ3n) is 3.63. The molecule has 118 valence electrons. The Bertz CT molecular complexity index is 626. The predicted octanol–water partition coefficient (Wildman–Crippen LogP) is 2.64. The molecule has 0 amide bonds. The number of anilines is 1. The highest BCUT2D eigenvalue weighted by atomic mass is 35.5. The Morgan fingerprint density at radius 3 is 3.14 bits per heavy atom. The summed E-state index contributed by atoms with van der Waals surface area (Å²) in [4.78, 5) is 0. The second kappa shape index (κ2) is 6.98. The molecule has 22 heavy (non-hydrogen) atoms. The van der Waals surface area contributed by atoms with Crippen molar-refractivity contribution in [1.29, 1.82) is 0 Å². The molecule has 1 saturated heterocycles. The first kappa shape index (κ1) is 15.1. The van der Waals surface area contributed by atoms with Gasteiger partial charge in [-0.05, 0) is 31.0 Å². The number of rotatable bonds is 6. The molecule has 7 heteroatoms. The molecular weight excluding hydrogens is 304 g/mol. The summed E-state index contributed by atoms with van der Waals surface area (Å²) in [5, 5.41) is 11.9. The van der Waals surface area contributed by atoms with Gasteiger partial charge in [0.15, 0.2) is 5.82 Å². The normalized spacial score (nSPS) is 17.6. The quantitative estimate of drug-likeness (QED) is 0.886. The fraction of sp³-hybridized carbons (Fsp3) is 0.467. The van der Waals surface area contributed by atoms with E-state index in [4.69, 9.17) is 21.1 Å². The summed E-state index contributed by atoms with van der Waals surface area (Å²) in [5.74, 6) is 1.60. The maximum absolute atomic E-state index is 6.08. The van der Waals surface area contributed by atoms with Crippen molar-refractivity contribution in [2.24, 2.45) is 7.05 Å². The van der Waals surface area contributed by atoms with Crippen molar-refractivity contribution in [3.8, 4) is 5.75 Å². The molecule has 2 heterocycles. The maximum atomic E-state index is 6.08. The van der Waals surface area contributed by atoms with Gasteiger partial charge in [-0.3, -0.25) is 0 Å². The first-order chi connectivity index (χ1) is 10.7. The smallest absolute Gasteiger partial charge is 0.151 e. The van der Waals surface area contributed by atoms with Gasteiger partial charge < -0.3 is 19.4 Å². The molecule has 2 aromatic rings. The van der Waals surface area contributed by atoms with Gasteiger partial charge in [0.05, 0.1) is 18.3 Å². The molecule has 0 radical (unpaired) electrons. The standard InChI is InChI=1S/C15H19ClN4O2/c1-20-10-18-19-15(20)8-17-13-7-11(16)4-5-14(13)22-9-12-3-2-6-21-12/h4-5,7,10,12,17H,2-3,6,8-9H2,1H3. The lowest BCUT2D eigenvalue weighted by Crippen LogP contribution is -2.17. The molecular formula is C15H19ClN4O2. The summed E-state index contributed by atoms with van der Waals surface area (Å²) < 4.78 is 13.3. The summed E-state index contributed by atoms with van der Waals surface area (Å²) in [6.45, 7) is 1.93. The number of aryl methyl sites for hydroxylation is 1. The maximum Gasteiger partial charge on any atom is 0.151 e. The number of halogens is 1. The monoisotopic (exact) mass is 322 g/mol. The molecule has 1 aromatic carbocycles. The number of hydrogen-bond acceptors (Lipinski definition) is 5. The molecule has 0 spiro atoms. The Morgan fingerprint density at radius 2 is 2.41 bits per heavy atom. The van der Waals surface area contributed by atoms with Gasteiger partial charge in [0.2, 0.25) is 0 Å². The molecule has 1 atom stereocenters. The average Bonchev–Trinajstić information content (AvgIpc) is 3.16. The van der Waals surface area contributed by atoms with E-state index in [1.54, 1.807) is 6.33 Å². The van der Waals surface area contributed by atoms with Crippen LogP contribution >= 0.6 is 11.6 Å². The molecule has 6 nitrogen and oxygen atoms in total. The number of nitrogens with one attached hydrogen (secondary N) is 1. The second-order valence-corrected chi connectivity index (χ2v) is 5.73. The van der Waals surface area contributed by atoms with Crippen molar-refractivity contribution in [2.75, 3.05) is 18.5 Å². The first-order valence-corrected chi connectivity index (χ1v) is 7.71. The zero-order valence-electron chi connectivity index (χ0n) is 12.5. The minimum absolute atomic E-state index is 0.183. The molecule has 3 rings (SSSR count). The van der Waals surface area contributed by atoms with Gasteiger partial charge in [0.1, 0.15) is 18.7 Å². The van der Waals surface area contributed by atoms with Crippen molar-refractivity contribution in [3.05, 3.63) is 35.4 Å². The molecule has 1 unspecified atom stereocenters. The zero-order chi connectivity index (χ0) is 15.4. The number of nitrogens with zero attached hydrogens (tertiary/aromatic N) is 3. The highest BCUT2D eigenvalue weighted by Gasteiger charge is 2.17. The van der Waals surface area contributed by atoms with Gasteiger partial charge in [-0.15, -0.1) is 10.2 Å². The van der Waals surface area contributed by atoms with E-state index in [0.717, 1.165) is 36.7 Å². The summed E-state index contributed by atoms with van der Waals surface area (Å²) >= 11 is 6.08. The Hall–Kier alpha value is -1.79. The third kappa shape index (κ3) is 3.69. The molecule has 1 aromatic heterocycles. The van der Waals surface area contributed by atoms with E-state index in [-0.39, 0.29) is 6.10 Å². The lowest BCUT2D eigenvalue weighted by molar-refractivity contribution is 0.0682. The number of hydrogen-bond donors (Lipinski definition) is 1. The Labute approximate surface area is 134 Å². The van der Waals surface area contributed by atoms with Crippen LogP contribution in [0.4, 0.5) is 5.69 Å². The summed E-state index contributed by atoms with van der Waals surface area (Å²) in [6.07, 6.45) is 4.01. The lowest BCUT2D eigenvalue weighted by atomic mass is 10.2. The molecule has 0 saturated carbocycles. The van der Waals surface area contributed by atoms with Crippen LogP contribution in [0.2, 0.25) is 5.02 Å². The molecule has 1 fully saturated rings. The van der Waals surface area contributed by atoms with E-state index in [0.29, 0.717) is 18.2 Å². The van der Waals surface area contributed by atoms with Gasteiger partial charge in [-0.25, -0.2) is 0 Å². The van der Waals surface area contributed by atoms with Gasteiger partial charge in [0, 0.05) is 18.7 Å². The Balaban J connectivity index is 1.65. The van der Waals surface area contributed by atoms with Crippen LogP contribution in [0.1, 0.15) is 18.7 Å². The number of benzene rings is 1. The molecule has 0 aliphatic carbocycles. The van der Waals surface area contributed by atoms with Crippen LogP contribution in [0.15, 0.2) is 24.5 Å². The van der Waals surface area contributed by atoms with Crippen molar-refractivity contribution in [3.63, 3.8) is 0 Å². The van der Waals surface area contributed by atoms with Gasteiger partial charge in [-0.1, -0.05) is 11.6 Å². The summed E-state index contributed by atoms with van der Waals surface area (Å²) in [5.41, 5.74) is 0.841. The third-order valence-corrected chi connectivity index (χ3v) is 3.87. The summed E-state index contributed by atoms with van der Waals surface area (Å²) in [7, 11) is 1.91. The van der Waals surface area contributed by atoms with Crippen molar-refractivity contribution in [2.45, 2.75) is 25.5 Å². The molecule has 1 aliphatic rings. The van der Waals surface area contributed by atoms with Crippen LogP contribution in [0.5, 0.6) is 5.75 Å². The average molecular weight is 323 g/mol. The number of ether oxygens (including phenoxy) is 2. The fourth-order valence-electron chi connectivity index (χ4n) is 2.37. The number of aromatic nitrogens is 3. The van der Waals surface area contributed by atoms with E-state index >= 15 is 0 Å². The van der Waals surface area contributed by atoms with Crippen LogP contribution in [0.25, 0.3) is 0 Å². The Morgan fingerprint density at radius 1 is 1.50 bits per heavy atom. The van der Waals surface area contributed by atoms with Crippen LogP contribution in [-0.2, 0) is 18.3 Å². The minimum Gasteiger partial charge on any atom is -0.489 e. The second-order valence-electron chi connectivity index (χ2n) is 5.30. The topological polar surface area (TPSA) is 61.2 Å². The minimum atomic E-state index is 0.183. The predicted molar refractivity (Wildman–Crippen MR) is 84.3 cm³/mol. The van der Waals surface area contributed by atoms with E-state index in [1.165, 1.54) is 0 Å². The van der Waals surface area contributed by atoms with Crippen LogP contribution in [0, 0.1) is 0 Å². The summed E-state index contributed by atoms with van der Waals surface area (Å²) in [6, 6.07) is 5.54. The molecule has 1 N–H and O–H groups in total. The van der Waals surface area contributed by atoms with Crippen molar-refractivity contribution < 1.29 is 9.47 Å². The van der Waals surface area contributed by atoms with Crippen molar-refractivity contribution >= 4 is 17.3 Å². The highest BCUT2D eigenvalue weighted by Crippen LogP contribution is 2.29.